The molecule has 2 aliphatic rings. The maximum Gasteiger partial charge on any atom is 0.0474 e. The highest BCUT2D eigenvalue weighted by Crippen LogP contribution is 2.32. The van der Waals surface area contributed by atoms with Crippen molar-refractivity contribution in [1.29, 1.82) is 0 Å². The van der Waals surface area contributed by atoms with Gasteiger partial charge in [0.25, 0.3) is 0 Å². The van der Waals surface area contributed by atoms with Gasteiger partial charge in [0, 0.05) is 38.4 Å². The number of methoxy groups -OCH3 is 1. The number of nitrogens with one attached hydrogen (secondary N) is 1. The monoisotopic (exact) mass is 240 g/mol. The van der Waals surface area contributed by atoms with E-state index in [1.165, 1.54) is 51.7 Å². The second kappa shape index (κ2) is 6.17. The van der Waals surface area contributed by atoms with Gasteiger partial charge in [0.2, 0.25) is 0 Å². The maximum absolute atomic E-state index is 5.17. The van der Waals surface area contributed by atoms with Crippen molar-refractivity contribution >= 4 is 0 Å². The van der Waals surface area contributed by atoms with Crippen LogP contribution in [0.25, 0.3) is 0 Å². The summed E-state index contributed by atoms with van der Waals surface area (Å²) in [6.07, 6.45) is 8.02. The first-order chi connectivity index (χ1) is 8.26. The first kappa shape index (κ1) is 13.3. The van der Waals surface area contributed by atoms with Gasteiger partial charge in [0.1, 0.15) is 0 Å². The highest BCUT2D eigenvalue weighted by molar-refractivity contribution is 4.98. The van der Waals surface area contributed by atoms with Crippen LogP contribution in [0, 0.1) is 0 Å². The minimum Gasteiger partial charge on any atom is -0.385 e. The molecule has 0 bridgehead atoms. The summed E-state index contributed by atoms with van der Waals surface area (Å²) in [5.41, 5.74) is 0.442. The number of ether oxygens (including phenoxy) is 1. The Labute approximate surface area is 106 Å². The van der Waals surface area contributed by atoms with Crippen LogP contribution < -0.4 is 5.32 Å². The Morgan fingerprint density at radius 1 is 1.35 bits per heavy atom. The lowest BCUT2D eigenvalue weighted by Crippen LogP contribution is -2.50. The molecule has 1 spiro atoms. The van der Waals surface area contributed by atoms with Gasteiger partial charge in [-0.15, -0.1) is 0 Å². The molecule has 17 heavy (non-hydrogen) atoms. The van der Waals surface area contributed by atoms with Crippen LogP contribution in [0.3, 0.4) is 0 Å². The molecule has 0 radical (unpaired) electrons. The number of rotatable bonds is 4. The smallest absolute Gasteiger partial charge is 0.0474 e. The summed E-state index contributed by atoms with van der Waals surface area (Å²) >= 11 is 0. The van der Waals surface area contributed by atoms with E-state index in [4.69, 9.17) is 4.74 Å². The molecule has 1 N–H and O–H groups in total. The Morgan fingerprint density at radius 3 is 2.82 bits per heavy atom. The van der Waals surface area contributed by atoms with Gasteiger partial charge in [-0.2, -0.15) is 0 Å². The third kappa shape index (κ3) is 3.43. The molecule has 1 atom stereocenters. The van der Waals surface area contributed by atoms with E-state index in [1.54, 1.807) is 7.11 Å². The van der Waals surface area contributed by atoms with E-state index in [-0.39, 0.29) is 0 Å². The molecule has 0 aromatic heterocycles. The Hall–Kier alpha value is -0.120. The van der Waals surface area contributed by atoms with Gasteiger partial charge in [0.15, 0.2) is 0 Å². The van der Waals surface area contributed by atoms with Gasteiger partial charge in [0.05, 0.1) is 0 Å². The number of hydrogen-bond donors (Lipinski definition) is 1. The summed E-state index contributed by atoms with van der Waals surface area (Å²) in [5.74, 6) is 0. The molecule has 0 aromatic carbocycles. The molecular formula is C14H28N2O. The minimum absolute atomic E-state index is 0.442. The molecule has 0 aromatic rings. The van der Waals surface area contributed by atoms with E-state index in [0.29, 0.717) is 5.54 Å². The lowest BCUT2D eigenvalue weighted by Gasteiger charge is -2.35. The number of hydrogen-bond acceptors (Lipinski definition) is 3. The quantitative estimate of drug-likeness (QED) is 0.761. The molecule has 1 heterocycles. The van der Waals surface area contributed by atoms with Crippen LogP contribution in [0.1, 0.15) is 45.4 Å². The molecule has 3 heteroatoms. The Balaban J connectivity index is 1.91. The molecule has 3 nitrogen and oxygen atoms in total. The summed E-state index contributed by atoms with van der Waals surface area (Å²) in [5, 5.41) is 3.83. The standard InChI is InChI=1S/C14H28N2O/c1-13-6-9-15-14(7-3-4-8-14)12-16(13)10-5-11-17-2/h13,15H,3-12H2,1-2H3. The zero-order valence-electron chi connectivity index (χ0n) is 11.5. The molecule has 1 saturated carbocycles. The van der Waals surface area contributed by atoms with E-state index in [9.17, 15) is 0 Å². The van der Waals surface area contributed by atoms with Gasteiger partial charge in [-0.3, -0.25) is 4.90 Å². The molecule has 1 unspecified atom stereocenters. The van der Waals surface area contributed by atoms with Crippen molar-refractivity contribution in [3.63, 3.8) is 0 Å². The fraction of sp³-hybridized carbons (Fsp3) is 1.00. The normalized spacial score (nSPS) is 29.6. The molecule has 2 rings (SSSR count). The van der Waals surface area contributed by atoms with Gasteiger partial charge in [-0.1, -0.05) is 12.8 Å². The fourth-order valence-corrected chi connectivity index (χ4v) is 3.43. The summed E-state index contributed by atoms with van der Waals surface area (Å²) in [6.45, 7) is 6.91. The first-order valence-corrected chi connectivity index (χ1v) is 7.24. The highest BCUT2D eigenvalue weighted by atomic mass is 16.5. The van der Waals surface area contributed by atoms with Crippen molar-refractivity contribution in [2.24, 2.45) is 0 Å². The SMILES string of the molecule is COCCCN1CC2(CCCC2)NCCC1C. The number of nitrogens with zero attached hydrogens (tertiary/aromatic N) is 1. The van der Waals surface area contributed by atoms with Crippen molar-refractivity contribution in [3.05, 3.63) is 0 Å². The summed E-state index contributed by atoms with van der Waals surface area (Å²) in [6, 6.07) is 0.722. The second-order valence-corrected chi connectivity index (χ2v) is 5.87. The Morgan fingerprint density at radius 2 is 2.12 bits per heavy atom. The third-order valence-electron chi connectivity index (χ3n) is 4.55. The van der Waals surface area contributed by atoms with Gasteiger partial charge in [-0.25, -0.2) is 0 Å². The average Bonchev–Trinajstić information content (AvgIpc) is 2.70. The van der Waals surface area contributed by atoms with Crippen molar-refractivity contribution < 1.29 is 4.74 Å². The van der Waals surface area contributed by atoms with Gasteiger partial charge in [-0.05, 0) is 39.2 Å². The lowest BCUT2D eigenvalue weighted by molar-refractivity contribution is 0.136. The van der Waals surface area contributed by atoms with E-state index in [1.807, 2.05) is 0 Å². The lowest BCUT2D eigenvalue weighted by atomic mass is 9.97. The second-order valence-electron chi connectivity index (χ2n) is 5.87. The van der Waals surface area contributed by atoms with Crippen LogP contribution >= 0.6 is 0 Å². The summed E-state index contributed by atoms with van der Waals surface area (Å²) < 4.78 is 5.17. The Kier molecular flexibility index (Phi) is 4.83. The largest absolute Gasteiger partial charge is 0.385 e. The molecule has 1 aliphatic carbocycles. The predicted octanol–water partition coefficient (Wildman–Crippen LogP) is 2.02. The van der Waals surface area contributed by atoms with Crippen LogP contribution in [-0.4, -0.2) is 49.8 Å². The Bertz CT molecular complexity index is 226. The average molecular weight is 240 g/mol. The highest BCUT2D eigenvalue weighted by Gasteiger charge is 2.37. The first-order valence-electron chi connectivity index (χ1n) is 7.24. The maximum atomic E-state index is 5.17. The molecule has 0 amide bonds. The predicted molar refractivity (Wildman–Crippen MR) is 71.3 cm³/mol. The molecule has 100 valence electrons. The van der Waals surface area contributed by atoms with E-state index >= 15 is 0 Å². The van der Waals surface area contributed by atoms with Crippen molar-refractivity contribution in [1.82, 2.24) is 10.2 Å². The van der Waals surface area contributed by atoms with Crippen LogP contribution in [0.15, 0.2) is 0 Å². The van der Waals surface area contributed by atoms with Crippen LogP contribution in [0.4, 0.5) is 0 Å². The zero-order chi connectivity index (χ0) is 12.1. The molecule has 1 saturated heterocycles. The van der Waals surface area contributed by atoms with E-state index in [0.717, 1.165) is 19.1 Å². The minimum atomic E-state index is 0.442. The van der Waals surface area contributed by atoms with Crippen molar-refractivity contribution in [3.8, 4) is 0 Å². The molecule has 2 fully saturated rings. The topological polar surface area (TPSA) is 24.5 Å². The van der Waals surface area contributed by atoms with Crippen molar-refractivity contribution in [2.45, 2.75) is 57.0 Å². The molecular weight excluding hydrogens is 212 g/mol. The zero-order valence-corrected chi connectivity index (χ0v) is 11.5. The van der Waals surface area contributed by atoms with Gasteiger partial charge < -0.3 is 10.1 Å². The van der Waals surface area contributed by atoms with Crippen LogP contribution in [0.2, 0.25) is 0 Å². The molecule has 1 aliphatic heterocycles. The van der Waals surface area contributed by atoms with Crippen molar-refractivity contribution in [2.75, 3.05) is 33.4 Å². The summed E-state index contributed by atoms with van der Waals surface area (Å²) in [7, 11) is 1.80. The fourth-order valence-electron chi connectivity index (χ4n) is 3.43. The van der Waals surface area contributed by atoms with Gasteiger partial charge >= 0.3 is 0 Å². The third-order valence-corrected chi connectivity index (χ3v) is 4.55. The van der Waals surface area contributed by atoms with Crippen LogP contribution in [0.5, 0.6) is 0 Å². The van der Waals surface area contributed by atoms with Crippen LogP contribution in [-0.2, 0) is 4.74 Å². The van der Waals surface area contributed by atoms with E-state index in [2.05, 4.69) is 17.1 Å². The summed E-state index contributed by atoms with van der Waals surface area (Å²) in [4.78, 5) is 2.68. The van der Waals surface area contributed by atoms with E-state index < -0.39 is 0 Å².